The van der Waals surface area contributed by atoms with Crippen molar-refractivity contribution in [3.8, 4) is 0 Å². The van der Waals surface area contributed by atoms with Crippen LogP contribution in [-0.2, 0) is 16.6 Å². The van der Waals surface area contributed by atoms with Gasteiger partial charge in [0.25, 0.3) is 0 Å². The predicted octanol–water partition coefficient (Wildman–Crippen LogP) is 2.50. The Labute approximate surface area is 128 Å². The largest absolute Gasteiger partial charge is 0.307 e. The zero-order valence-corrected chi connectivity index (χ0v) is 13.1. The molecule has 2 bridgehead atoms. The van der Waals surface area contributed by atoms with Gasteiger partial charge in [0.15, 0.2) is 0 Å². The van der Waals surface area contributed by atoms with Gasteiger partial charge in [-0.1, -0.05) is 17.7 Å². The van der Waals surface area contributed by atoms with Gasteiger partial charge in [0.05, 0.1) is 5.02 Å². The van der Waals surface area contributed by atoms with Gasteiger partial charge >= 0.3 is 0 Å². The second-order valence-corrected chi connectivity index (χ2v) is 8.21. The summed E-state index contributed by atoms with van der Waals surface area (Å²) in [6.45, 7) is 0.482. The Bertz CT molecular complexity index is 670. The molecule has 0 atom stereocenters. The van der Waals surface area contributed by atoms with Crippen LogP contribution in [0.15, 0.2) is 23.1 Å². The monoisotopic (exact) mass is 332 g/mol. The molecule has 4 nitrogen and oxygen atoms in total. The zero-order chi connectivity index (χ0) is 15.3. The number of nitrogens with two attached hydrogens (primary N) is 1. The van der Waals surface area contributed by atoms with Crippen molar-refractivity contribution in [2.45, 2.75) is 54.8 Å². The fourth-order valence-corrected chi connectivity index (χ4v) is 4.64. The molecular formula is C14H18ClFN2O2S. The lowest BCUT2D eigenvalue weighted by molar-refractivity contribution is 0.176. The van der Waals surface area contributed by atoms with Crippen LogP contribution in [-0.4, -0.2) is 19.6 Å². The second kappa shape index (κ2) is 4.91. The Hall–Kier alpha value is -0.690. The number of rotatable bonds is 4. The number of halogens is 2. The van der Waals surface area contributed by atoms with E-state index in [1.54, 1.807) is 6.07 Å². The van der Waals surface area contributed by atoms with Crippen molar-refractivity contribution in [1.82, 2.24) is 5.32 Å². The summed E-state index contributed by atoms with van der Waals surface area (Å²) in [4.78, 5) is -0.0707. The highest BCUT2D eigenvalue weighted by atomic mass is 35.5. The van der Waals surface area contributed by atoms with Gasteiger partial charge in [-0.05, 0) is 49.8 Å². The van der Waals surface area contributed by atoms with Gasteiger partial charge in [0.1, 0.15) is 10.6 Å². The van der Waals surface area contributed by atoms with E-state index in [4.69, 9.17) is 16.7 Å². The van der Waals surface area contributed by atoms with Crippen LogP contribution in [0.5, 0.6) is 0 Å². The summed E-state index contributed by atoms with van der Waals surface area (Å²) in [6, 6.07) is 4.76. The van der Waals surface area contributed by atoms with Crippen LogP contribution in [0, 0.1) is 0 Å². The number of primary sulfonamides is 1. The summed E-state index contributed by atoms with van der Waals surface area (Å²) in [5.41, 5.74) is -0.365. The molecule has 7 heteroatoms. The molecule has 0 amide bonds. The maximum absolute atomic E-state index is 14.2. The number of hydrogen-bond acceptors (Lipinski definition) is 3. The summed E-state index contributed by atoms with van der Waals surface area (Å²) in [5.74, 6) is 0. The minimum absolute atomic E-state index is 0.0707. The average Bonchev–Trinajstić information content (AvgIpc) is 2.90. The highest BCUT2D eigenvalue weighted by Gasteiger charge is 2.54. The smallest absolute Gasteiger partial charge is 0.239 e. The van der Waals surface area contributed by atoms with E-state index in [2.05, 4.69) is 5.32 Å². The molecule has 3 N–H and O–H groups in total. The number of hydrogen-bond donors (Lipinski definition) is 2. The number of nitrogens with one attached hydrogen (secondary N) is 1. The molecule has 0 aromatic heterocycles. The van der Waals surface area contributed by atoms with Crippen LogP contribution in [0.1, 0.15) is 37.7 Å². The minimum Gasteiger partial charge on any atom is -0.307 e. The lowest BCUT2D eigenvalue weighted by Crippen LogP contribution is -2.40. The highest BCUT2D eigenvalue weighted by molar-refractivity contribution is 7.89. The van der Waals surface area contributed by atoms with Crippen LogP contribution in [0.3, 0.4) is 0 Å². The van der Waals surface area contributed by atoms with Crippen molar-refractivity contribution >= 4 is 21.6 Å². The van der Waals surface area contributed by atoms with Crippen LogP contribution in [0.4, 0.5) is 4.39 Å². The quantitative estimate of drug-likeness (QED) is 0.889. The van der Waals surface area contributed by atoms with Gasteiger partial charge in [-0.15, -0.1) is 0 Å². The molecule has 0 heterocycles. The molecule has 1 aromatic rings. The van der Waals surface area contributed by atoms with E-state index in [-0.39, 0.29) is 15.5 Å². The molecule has 0 spiro atoms. The van der Waals surface area contributed by atoms with Crippen LogP contribution >= 0.6 is 11.6 Å². The lowest BCUT2D eigenvalue weighted by Gasteiger charge is -2.28. The van der Waals surface area contributed by atoms with E-state index in [1.807, 2.05) is 0 Å². The number of alkyl halides is 1. The van der Waals surface area contributed by atoms with E-state index in [9.17, 15) is 12.8 Å². The van der Waals surface area contributed by atoms with Gasteiger partial charge in [-0.25, -0.2) is 17.9 Å². The molecule has 1 aromatic carbocycles. The molecule has 0 aliphatic heterocycles. The Morgan fingerprint density at radius 1 is 1.29 bits per heavy atom. The lowest BCUT2D eigenvalue weighted by atomic mass is 9.93. The predicted molar refractivity (Wildman–Crippen MR) is 79.3 cm³/mol. The normalized spacial score (nSPS) is 31.8. The standard InChI is InChI=1S/C14H18ClFN2O2S/c15-11-2-1-10(7-12(11)21(17,19)20)8-18-14-5-3-13(16,9-14)4-6-14/h1-2,7,18H,3-6,8-9H2,(H2,17,19,20). The highest BCUT2D eigenvalue weighted by Crippen LogP contribution is 2.52. The van der Waals surface area contributed by atoms with Gasteiger partial charge in [-0.2, -0.15) is 0 Å². The minimum atomic E-state index is -3.84. The summed E-state index contributed by atoms with van der Waals surface area (Å²) in [5, 5.41) is 8.66. The van der Waals surface area contributed by atoms with Crippen molar-refractivity contribution in [3.05, 3.63) is 28.8 Å². The van der Waals surface area contributed by atoms with E-state index in [1.165, 1.54) is 12.1 Å². The SMILES string of the molecule is NS(=O)(=O)c1cc(CNC23CCC(F)(CC2)C3)ccc1Cl. The molecule has 2 aliphatic carbocycles. The molecule has 116 valence electrons. The van der Waals surface area contributed by atoms with Crippen molar-refractivity contribution in [1.29, 1.82) is 0 Å². The van der Waals surface area contributed by atoms with E-state index < -0.39 is 15.7 Å². The second-order valence-electron chi connectivity index (χ2n) is 6.27. The first-order chi connectivity index (χ1) is 9.72. The van der Waals surface area contributed by atoms with Crippen molar-refractivity contribution in [2.75, 3.05) is 0 Å². The summed E-state index contributed by atoms with van der Waals surface area (Å²) in [7, 11) is -3.84. The van der Waals surface area contributed by atoms with Gasteiger partial charge < -0.3 is 5.32 Å². The van der Waals surface area contributed by atoms with Gasteiger partial charge in [-0.3, -0.25) is 0 Å². The zero-order valence-electron chi connectivity index (χ0n) is 11.5. The van der Waals surface area contributed by atoms with E-state index >= 15 is 0 Å². The topological polar surface area (TPSA) is 72.2 Å². The fraction of sp³-hybridized carbons (Fsp3) is 0.571. The van der Waals surface area contributed by atoms with Crippen molar-refractivity contribution in [3.63, 3.8) is 0 Å². The maximum atomic E-state index is 14.2. The molecule has 2 aliphatic rings. The average molecular weight is 333 g/mol. The third-order valence-electron chi connectivity index (χ3n) is 4.73. The van der Waals surface area contributed by atoms with Crippen molar-refractivity contribution < 1.29 is 12.8 Å². The van der Waals surface area contributed by atoms with Gasteiger partial charge in [0, 0.05) is 12.1 Å². The van der Waals surface area contributed by atoms with E-state index in [0.717, 1.165) is 18.4 Å². The Kier molecular flexibility index (Phi) is 3.56. The van der Waals surface area contributed by atoms with E-state index in [0.29, 0.717) is 25.8 Å². The number of fused-ring (bicyclic) bond motifs is 2. The molecule has 0 unspecified atom stereocenters. The Morgan fingerprint density at radius 2 is 1.95 bits per heavy atom. The van der Waals surface area contributed by atoms with Crippen LogP contribution in [0.25, 0.3) is 0 Å². The molecule has 0 saturated heterocycles. The maximum Gasteiger partial charge on any atom is 0.239 e. The van der Waals surface area contributed by atoms with Crippen molar-refractivity contribution in [2.24, 2.45) is 5.14 Å². The summed E-state index contributed by atoms with van der Waals surface area (Å²) < 4.78 is 37.1. The third-order valence-corrected chi connectivity index (χ3v) is 6.12. The number of benzene rings is 1. The molecule has 2 saturated carbocycles. The van der Waals surface area contributed by atoms with Crippen LogP contribution in [0.2, 0.25) is 5.02 Å². The molecule has 21 heavy (non-hydrogen) atoms. The van der Waals surface area contributed by atoms with Gasteiger partial charge in [0.2, 0.25) is 10.0 Å². The molecule has 0 radical (unpaired) electrons. The summed E-state index contributed by atoms with van der Waals surface area (Å²) >= 11 is 5.86. The molecule has 2 fully saturated rings. The third kappa shape index (κ3) is 2.95. The first kappa shape index (κ1) is 15.2. The molecular weight excluding hydrogens is 315 g/mol. The number of sulfonamides is 1. The molecule has 3 rings (SSSR count). The first-order valence-electron chi connectivity index (χ1n) is 6.97. The fourth-order valence-electron chi connectivity index (χ4n) is 3.54. The first-order valence-corrected chi connectivity index (χ1v) is 8.89. The van der Waals surface area contributed by atoms with Crippen LogP contribution < -0.4 is 10.5 Å². The summed E-state index contributed by atoms with van der Waals surface area (Å²) in [6.07, 6.45) is 3.44. The Balaban J connectivity index is 1.75. The Morgan fingerprint density at radius 3 is 2.48 bits per heavy atom.